The van der Waals surface area contributed by atoms with E-state index in [0.717, 1.165) is 0 Å². The summed E-state index contributed by atoms with van der Waals surface area (Å²) in [5.74, 6) is -0.214. The number of carbonyl (C=O) groups excluding carboxylic acids is 1. The smallest absolute Gasteiger partial charge is 0.251 e. The number of rotatable bonds is 5. The first kappa shape index (κ1) is 15.5. The van der Waals surface area contributed by atoms with E-state index in [1.165, 1.54) is 18.2 Å². The van der Waals surface area contributed by atoms with Crippen LogP contribution in [0.5, 0.6) is 5.75 Å². The largest absolute Gasteiger partial charge is 0.490 e. The van der Waals surface area contributed by atoms with Crippen molar-refractivity contribution in [3.63, 3.8) is 0 Å². The van der Waals surface area contributed by atoms with Crippen LogP contribution >= 0.6 is 0 Å². The molecule has 6 nitrogen and oxygen atoms in total. The molecule has 19 heavy (non-hydrogen) atoms. The molecular formula is C12H18N2O4S. The Morgan fingerprint density at radius 3 is 2.53 bits per heavy atom. The standard InChI is InChI=1S/C12H18N2O4S/c1-4-14-12(15)9-5-6-10(18-8(2)3)11(7-9)19(13,16)17/h5-8H,4H2,1-3H3,(H,14,15)(H2,13,16,17). The van der Waals surface area contributed by atoms with E-state index in [9.17, 15) is 13.2 Å². The molecule has 0 radical (unpaired) electrons. The number of primary sulfonamides is 1. The van der Waals surface area contributed by atoms with Gasteiger partial charge in [0.05, 0.1) is 6.10 Å². The lowest BCUT2D eigenvalue weighted by atomic mass is 10.2. The zero-order valence-electron chi connectivity index (χ0n) is 11.1. The molecule has 1 rings (SSSR count). The molecule has 0 bridgehead atoms. The van der Waals surface area contributed by atoms with Crippen LogP contribution in [0, 0.1) is 0 Å². The molecule has 0 saturated heterocycles. The summed E-state index contributed by atoms with van der Waals surface area (Å²) < 4.78 is 28.4. The summed E-state index contributed by atoms with van der Waals surface area (Å²) in [6.07, 6.45) is -0.198. The second-order valence-corrected chi connectivity index (χ2v) is 5.76. The van der Waals surface area contributed by atoms with Crippen LogP contribution in [0.2, 0.25) is 0 Å². The van der Waals surface area contributed by atoms with Crippen LogP contribution in [-0.2, 0) is 10.0 Å². The summed E-state index contributed by atoms with van der Waals surface area (Å²) in [5, 5.41) is 7.72. The first-order valence-corrected chi connectivity index (χ1v) is 7.42. The molecule has 0 saturated carbocycles. The average Bonchev–Trinajstić information content (AvgIpc) is 2.27. The second-order valence-electron chi connectivity index (χ2n) is 4.23. The lowest BCUT2D eigenvalue weighted by molar-refractivity contribution is 0.0955. The van der Waals surface area contributed by atoms with Gasteiger partial charge in [-0.2, -0.15) is 0 Å². The van der Waals surface area contributed by atoms with Crippen molar-refractivity contribution in [3.05, 3.63) is 23.8 Å². The van der Waals surface area contributed by atoms with Crippen LogP contribution in [0.1, 0.15) is 31.1 Å². The molecule has 0 heterocycles. The van der Waals surface area contributed by atoms with Crippen molar-refractivity contribution in [2.75, 3.05) is 6.54 Å². The number of nitrogens with one attached hydrogen (secondary N) is 1. The number of carbonyl (C=O) groups is 1. The van der Waals surface area contributed by atoms with Crippen LogP contribution in [0.4, 0.5) is 0 Å². The first-order valence-electron chi connectivity index (χ1n) is 5.87. The number of benzene rings is 1. The summed E-state index contributed by atoms with van der Waals surface area (Å²) >= 11 is 0. The highest BCUT2D eigenvalue weighted by atomic mass is 32.2. The Kier molecular flexibility index (Phi) is 4.90. The van der Waals surface area contributed by atoms with Crippen molar-refractivity contribution in [1.29, 1.82) is 0 Å². The maximum absolute atomic E-state index is 11.7. The van der Waals surface area contributed by atoms with Crippen LogP contribution in [0.15, 0.2) is 23.1 Å². The first-order chi connectivity index (χ1) is 8.75. The summed E-state index contributed by atoms with van der Waals surface area (Å²) in [4.78, 5) is 11.5. The highest BCUT2D eigenvalue weighted by Crippen LogP contribution is 2.25. The summed E-state index contributed by atoms with van der Waals surface area (Å²) in [6, 6.07) is 4.15. The zero-order chi connectivity index (χ0) is 14.6. The fourth-order valence-corrected chi connectivity index (χ4v) is 2.17. The van der Waals surface area contributed by atoms with Gasteiger partial charge in [-0.15, -0.1) is 0 Å². The quantitative estimate of drug-likeness (QED) is 0.839. The third-order valence-electron chi connectivity index (χ3n) is 2.21. The molecule has 0 aliphatic rings. The van der Waals surface area contributed by atoms with Crippen LogP contribution in [-0.4, -0.2) is 27.0 Å². The van der Waals surface area contributed by atoms with Gasteiger partial charge in [0.25, 0.3) is 5.91 Å². The van der Waals surface area contributed by atoms with E-state index in [2.05, 4.69) is 5.32 Å². The molecule has 7 heteroatoms. The fourth-order valence-electron chi connectivity index (χ4n) is 1.49. The number of ether oxygens (including phenoxy) is 1. The number of sulfonamides is 1. The molecule has 0 unspecified atom stereocenters. The van der Waals surface area contributed by atoms with Gasteiger partial charge in [0.1, 0.15) is 10.6 Å². The minimum Gasteiger partial charge on any atom is -0.490 e. The van der Waals surface area contributed by atoms with E-state index in [-0.39, 0.29) is 28.2 Å². The SMILES string of the molecule is CCNC(=O)c1ccc(OC(C)C)c(S(N)(=O)=O)c1. The Hall–Kier alpha value is -1.60. The summed E-state index contributed by atoms with van der Waals surface area (Å²) in [6.45, 7) is 5.76. The Morgan fingerprint density at radius 2 is 2.05 bits per heavy atom. The monoisotopic (exact) mass is 286 g/mol. The van der Waals surface area contributed by atoms with Crippen molar-refractivity contribution in [2.45, 2.75) is 31.8 Å². The minimum atomic E-state index is -3.96. The van der Waals surface area contributed by atoms with Crippen molar-refractivity contribution < 1.29 is 17.9 Å². The van der Waals surface area contributed by atoms with Gasteiger partial charge in [-0.3, -0.25) is 4.79 Å². The van der Waals surface area contributed by atoms with E-state index in [4.69, 9.17) is 9.88 Å². The molecule has 0 spiro atoms. The van der Waals surface area contributed by atoms with Gasteiger partial charge in [0, 0.05) is 12.1 Å². The Balaban J connectivity index is 3.27. The van der Waals surface area contributed by atoms with Crippen molar-refractivity contribution in [2.24, 2.45) is 5.14 Å². The Labute approximate surface area is 113 Å². The number of amides is 1. The van der Waals surface area contributed by atoms with Crippen LogP contribution in [0.3, 0.4) is 0 Å². The molecule has 1 amide bonds. The van der Waals surface area contributed by atoms with Gasteiger partial charge >= 0.3 is 0 Å². The molecule has 0 fully saturated rings. The van der Waals surface area contributed by atoms with E-state index in [0.29, 0.717) is 6.54 Å². The average molecular weight is 286 g/mol. The molecule has 1 aromatic carbocycles. The third kappa shape index (κ3) is 4.22. The van der Waals surface area contributed by atoms with Gasteiger partial charge < -0.3 is 10.1 Å². The Bertz CT molecular complexity index is 567. The van der Waals surface area contributed by atoms with Crippen LogP contribution in [0.25, 0.3) is 0 Å². The highest BCUT2D eigenvalue weighted by molar-refractivity contribution is 7.89. The molecule has 106 valence electrons. The molecule has 0 aliphatic heterocycles. The Morgan fingerprint density at radius 1 is 1.42 bits per heavy atom. The van der Waals surface area contributed by atoms with E-state index in [1.807, 2.05) is 0 Å². The normalized spacial score (nSPS) is 11.4. The van der Waals surface area contributed by atoms with E-state index < -0.39 is 10.0 Å². The summed E-state index contributed by atoms with van der Waals surface area (Å²) in [5.41, 5.74) is 0.224. The summed E-state index contributed by atoms with van der Waals surface area (Å²) in [7, 11) is -3.96. The maximum atomic E-state index is 11.7. The topological polar surface area (TPSA) is 98.5 Å². The second kappa shape index (κ2) is 6.03. The minimum absolute atomic E-state index is 0.144. The predicted octanol–water partition coefficient (Wildman–Crippen LogP) is 0.871. The molecule has 0 aromatic heterocycles. The molecular weight excluding hydrogens is 268 g/mol. The molecule has 1 aromatic rings. The number of hydrogen-bond donors (Lipinski definition) is 2. The van der Waals surface area contributed by atoms with E-state index >= 15 is 0 Å². The van der Waals surface area contributed by atoms with Gasteiger partial charge in [-0.05, 0) is 39.0 Å². The third-order valence-corrected chi connectivity index (χ3v) is 3.14. The highest BCUT2D eigenvalue weighted by Gasteiger charge is 2.19. The molecule has 0 atom stereocenters. The van der Waals surface area contributed by atoms with Crippen molar-refractivity contribution in [3.8, 4) is 5.75 Å². The fraction of sp³-hybridized carbons (Fsp3) is 0.417. The van der Waals surface area contributed by atoms with Crippen LogP contribution < -0.4 is 15.2 Å². The lowest BCUT2D eigenvalue weighted by Crippen LogP contribution is -2.23. The number of nitrogens with two attached hydrogens (primary N) is 1. The predicted molar refractivity (Wildman–Crippen MR) is 71.6 cm³/mol. The van der Waals surface area contributed by atoms with Gasteiger partial charge in [-0.25, -0.2) is 13.6 Å². The maximum Gasteiger partial charge on any atom is 0.251 e. The number of hydrogen-bond acceptors (Lipinski definition) is 4. The van der Waals surface area contributed by atoms with Crippen molar-refractivity contribution >= 4 is 15.9 Å². The van der Waals surface area contributed by atoms with Crippen molar-refractivity contribution in [1.82, 2.24) is 5.32 Å². The molecule has 3 N–H and O–H groups in total. The zero-order valence-corrected chi connectivity index (χ0v) is 12.0. The lowest BCUT2D eigenvalue weighted by Gasteiger charge is -2.14. The van der Waals surface area contributed by atoms with Gasteiger partial charge in [0.15, 0.2) is 0 Å². The molecule has 0 aliphatic carbocycles. The van der Waals surface area contributed by atoms with Gasteiger partial charge in [-0.1, -0.05) is 0 Å². The van der Waals surface area contributed by atoms with Gasteiger partial charge in [0.2, 0.25) is 10.0 Å². The van der Waals surface area contributed by atoms with E-state index in [1.54, 1.807) is 20.8 Å².